The van der Waals surface area contributed by atoms with Gasteiger partial charge >= 0.3 is 6.18 Å². The number of anilines is 1. The first-order valence-corrected chi connectivity index (χ1v) is 8.64. The van der Waals surface area contributed by atoms with Crippen molar-refractivity contribution in [1.82, 2.24) is 5.32 Å². The summed E-state index contributed by atoms with van der Waals surface area (Å²) in [6.45, 7) is 1.27. The lowest BCUT2D eigenvalue weighted by molar-refractivity contribution is -0.137. The number of carbonyl (C=O) groups excluding carboxylic acids is 2. The summed E-state index contributed by atoms with van der Waals surface area (Å²) in [6.07, 6.45) is -4.27. The van der Waals surface area contributed by atoms with Crippen molar-refractivity contribution in [2.45, 2.75) is 25.9 Å². The molecule has 0 aliphatic rings. The van der Waals surface area contributed by atoms with Gasteiger partial charge in [0.25, 0.3) is 0 Å². The van der Waals surface area contributed by atoms with Gasteiger partial charge in [0.05, 0.1) is 11.3 Å². The molecule has 28 heavy (non-hydrogen) atoms. The first-order valence-electron chi connectivity index (χ1n) is 8.64. The highest BCUT2D eigenvalue weighted by Crippen LogP contribution is 2.36. The molecule has 0 aromatic heterocycles. The minimum atomic E-state index is -4.61. The fraction of sp³-hybridized carbons (Fsp3) is 0.300. The summed E-state index contributed by atoms with van der Waals surface area (Å²) in [6, 6.07) is 10.6. The molecule has 0 aliphatic carbocycles. The molecule has 0 spiro atoms. The summed E-state index contributed by atoms with van der Waals surface area (Å²) in [5, 5.41) is 2.64. The molecule has 0 aliphatic heterocycles. The molecule has 2 rings (SSSR count). The van der Waals surface area contributed by atoms with Crippen molar-refractivity contribution in [3.8, 4) is 0 Å². The number of hydrogen-bond acceptors (Lipinski definition) is 2. The van der Waals surface area contributed by atoms with Crippen molar-refractivity contribution < 1.29 is 27.2 Å². The molecule has 4 nitrogen and oxygen atoms in total. The van der Waals surface area contributed by atoms with Gasteiger partial charge in [-0.1, -0.05) is 24.3 Å². The van der Waals surface area contributed by atoms with Crippen molar-refractivity contribution >= 4 is 17.5 Å². The Bertz CT molecular complexity index is 820. The third kappa shape index (κ3) is 6.07. The smallest absolute Gasteiger partial charge is 0.356 e. The quantitative estimate of drug-likeness (QED) is 0.721. The lowest BCUT2D eigenvalue weighted by Crippen LogP contribution is -2.35. The second-order valence-electron chi connectivity index (χ2n) is 6.16. The summed E-state index contributed by atoms with van der Waals surface area (Å²) in [5.41, 5.74) is -0.366. The van der Waals surface area contributed by atoms with Crippen LogP contribution in [0, 0.1) is 5.82 Å². The van der Waals surface area contributed by atoms with Gasteiger partial charge in [0.1, 0.15) is 5.82 Å². The summed E-state index contributed by atoms with van der Waals surface area (Å²) in [5.74, 6) is -1.33. The van der Waals surface area contributed by atoms with Crippen LogP contribution in [0.25, 0.3) is 0 Å². The van der Waals surface area contributed by atoms with Crippen LogP contribution in [0.2, 0.25) is 0 Å². The van der Waals surface area contributed by atoms with Crippen molar-refractivity contribution in [2.24, 2.45) is 0 Å². The van der Waals surface area contributed by atoms with Gasteiger partial charge in [-0.3, -0.25) is 9.59 Å². The SMILES string of the molecule is CC(=O)N(CCC(=O)NCCc1ccc(F)cc1)c1ccccc1C(F)(F)F. The van der Waals surface area contributed by atoms with Crippen LogP contribution in [-0.4, -0.2) is 24.9 Å². The summed E-state index contributed by atoms with van der Waals surface area (Å²) in [7, 11) is 0. The van der Waals surface area contributed by atoms with Crippen LogP contribution in [0.15, 0.2) is 48.5 Å². The van der Waals surface area contributed by atoms with Gasteiger partial charge < -0.3 is 10.2 Å². The molecule has 0 bridgehead atoms. The highest BCUT2D eigenvalue weighted by molar-refractivity contribution is 5.93. The number of amides is 2. The molecule has 0 radical (unpaired) electrons. The Hall–Kier alpha value is -2.90. The zero-order valence-corrected chi connectivity index (χ0v) is 15.2. The van der Waals surface area contributed by atoms with E-state index in [1.165, 1.54) is 30.3 Å². The van der Waals surface area contributed by atoms with Crippen LogP contribution in [0.3, 0.4) is 0 Å². The molecule has 0 heterocycles. The topological polar surface area (TPSA) is 49.4 Å². The van der Waals surface area contributed by atoms with Gasteiger partial charge in [0.15, 0.2) is 0 Å². The fourth-order valence-electron chi connectivity index (χ4n) is 2.70. The van der Waals surface area contributed by atoms with E-state index in [0.717, 1.165) is 23.5 Å². The highest BCUT2D eigenvalue weighted by atomic mass is 19.4. The van der Waals surface area contributed by atoms with Crippen LogP contribution >= 0.6 is 0 Å². The number of alkyl halides is 3. The molecule has 0 saturated heterocycles. The van der Waals surface area contributed by atoms with Gasteiger partial charge in [-0.25, -0.2) is 4.39 Å². The zero-order chi connectivity index (χ0) is 20.7. The molecule has 0 unspecified atom stereocenters. The molecule has 8 heteroatoms. The van der Waals surface area contributed by atoms with Gasteiger partial charge in [-0.15, -0.1) is 0 Å². The van der Waals surface area contributed by atoms with E-state index < -0.39 is 23.6 Å². The molecule has 2 aromatic rings. The monoisotopic (exact) mass is 396 g/mol. The molecule has 0 fully saturated rings. The number of hydrogen-bond donors (Lipinski definition) is 1. The van der Waals surface area contributed by atoms with E-state index in [2.05, 4.69) is 5.32 Å². The van der Waals surface area contributed by atoms with Gasteiger partial charge in [-0.05, 0) is 36.2 Å². The standard InChI is InChI=1S/C20H20F4N2O2/c1-14(27)26(18-5-3-2-4-17(18)20(22,23)24)13-11-19(28)25-12-10-15-6-8-16(21)9-7-15/h2-9H,10-13H2,1H3,(H,25,28). The van der Waals surface area contributed by atoms with Crippen molar-refractivity contribution in [2.75, 3.05) is 18.0 Å². The second kappa shape index (κ2) is 9.34. The Morgan fingerprint density at radius 2 is 1.68 bits per heavy atom. The average Bonchev–Trinajstić information content (AvgIpc) is 2.63. The maximum Gasteiger partial charge on any atom is 0.418 e. The van der Waals surface area contributed by atoms with Crippen LogP contribution < -0.4 is 10.2 Å². The molecule has 2 amide bonds. The fourth-order valence-corrected chi connectivity index (χ4v) is 2.70. The Kier molecular flexibility index (Phi) is 7.14. The molecule has 1 N–H and O–H groups in total. The minimum Gasteiger partial charge on any atom is -0.356 e. The number of nitrogens with zero attached hydrogens (tertiary/aromatic N) is 1. The second-order valence-corrected chi connectivity index (χ2v) is 6.16. The largest absolute Gasteiger partial charge is 0.418 e. The van der Waals surface area contributed by atoms with Crippen LogP contribution in [0.1, 0.15) is 24.5 Å². The maximum absolute atomic E-state index is 13.2. The number of nitrogens with one attached hydrogen (secondary N) is 1. The summed E-state index contributed by atoms with van der Waals surface area (Å²) >= 11 is 0. The maximum atomic E-state index is 13.2. The van der Waals surface area contributed by atoms with Gasteiger partial charge in [0, 0.05) is 26.4 Å². The molecule has 150 valence electrons. The Morgan fingerprint density at radius 3 is 2.29 bits per heavy atom. The van der Waals surface area contributed by atoms with Crippen LogP contribution in [0.5, 0.6) is 0 Å². The highest BCUT2D eigenvalue weighted by Gasteiger charge is 2.35. The molecule has 0 atom stereocenters. The van der Waals surface area contributed by atoms with Gasteiger partial charge in [0.2, 0.25) is 11.8 Å². The lowest BCUT2D eigenvalue weighted by Gasteiger charge is -2.24. The number of halogens is 4. The Morgan fingerprint density at radius 1 is 1.04 bits per heavy atom. The average molecular weight is 396 g/mol. The number of rotatable bonds is 7. The van der Waals surface area contributed by atoms with Crippen molar-refractivity contribution in [1.29, 1.82) is 0 Å². The van der Waals surface area contributed by atoms with E-state index in [-0.39, 0.29) is 24.5 Å². The van der Waals surface area contributed by atoms with Gasteiger partial charge in [-0.2, -0.15) is 13.2 Å². The Balaban J connectivity index is 1.94. The first kappa shape index (κ1) is 21.4. The van der Waals surface area contributed by atoms with E-state index >= 15 is 0 Å². The molecule has 0 saturated carbocycles. The Labute approximate surface area is 160 Å². The van der Waals surface area contributed by atoms with E-state index in [1.54, 1.807) is 12.1 Å². The molecular weight excluding hydrogens is 376 g/mol. The van der Waals surface area contributed by atoms with E-state index in [0.29, 0.717) is 13.0 Å². The minimum absolute atomic E-state index is 0.144. The van der Waals surface area contributed by atoms with Crippen LogP contribution in [-0.2, 0) is 22.2 Å². The molecule has 2 aromatic carbocycles. The van der Waals surface area contributed by atoms with Crippen molar-refractivity contribution in [3.05, 3.63) is 65.5 Å². The first-order chi connectivity index (χ1) is 13.2. The summed E-state index contributed by atoms with van der Waals surface area (Å²) < 4.78 is 52.4. The predicted molar refractivity (Wildman–Crippen MR) is 97.2 cm³/mol. The van der Waals surface area contributed by atoms with E-state index in [9.17, 15) is 27.2 Å². The zero-order valence-electron chi connectivity index (χ0n) is 15.2. The lowest BCUT2D eigenvalue weighted by atomic mass is 10.1. The third-order valence-corrected chi connectivity index (χ3v) is 4.09. The summed E-state index contributed by atoms with van der Waals surface area (Å²) in [4.78, 5) is 24.8. The van der Waals surface area contributed by atoms with Crippen molar-refractivity contribution in [3.63, 3.8) is 0 Å². The normalized spacial score (nSPS) is 11.2. The van der Waals surface area contributed by atoms with Crippen LogP contribution in [0.4, 0.5) is 23.2 Å². The van der Waals surface area contributed by atoms with E-state index in [1.807, 2.05) is 0 Å². The number of para-hydroxylation sites is 1. The number of carbonyl (C=O) groups is 2. The number of benzene rings is 2. The predicted octanol–water partition coefficient (Wildman–Crippen LogP) is 3.95. The third-order valence-electron chi connectivity index (χ3n) is 4.09. The van der Waals surface area contributed by atoms with E-state index in [4.69, 9.17) is 0 Å². The molecular formula is C20H20F4N2O2.